The molecule has 0 amide bonds. The minimum Gasteiger partial charge on any atom is -0.379 e. The van der Waals surface area contributed by atoms with E-state index >= 15 is 0 Å². The normalized spacial score (nSPS) is 18.7. The van der Waals surface area contributed by atoms with Crippen LogP contribution in [0.25, 0.3) is 22.2 Å². The molecule has 6 heteroatoms. The molecule has 2 aromatic heterocycles. The molecule has 1 aromatic carbocycles. The number of pyridine rings is 1. The van der Waals surface area contributed by atoms with Gasteiger partial charge in [-0.25, -0.2) is 0 Å². The number of nitrogens with one attached hydrogen (secondary N) is 1. The highest BCUT2D eigenvalue weighted by molar-refractivity contribution is 5.93. The fraction of sp³-hybridized carbons (Fsp3) is 0.500. The van der Waals surface area contributed by atoms with Crippen molar-refractivity contribution in [2.45, 2.75) is 26.3 Å². The number of benzene rings is 1. The van der Waals surface area contributed by atoms with Crippen LogP contribution >= 0.6 is 0 Å². The molecule has 6 nitrogen and oxygen atoms in total. The fourth-order valence-corrected chi connectivity index (χ4v) is 4.91. The van der Waals surface area contributed by atoms with Gasteiger partial charge in [0.05, 0.1) is 18.9 Å². The standard InChI is InChI=1S/C26H35N5O/c1-20(2)30-11-13-31(14-12-30)23-5-3-21(4-6-23)26-24-19-22(28-25(24)7-9-27-26)8-10-29-15-17-32-18-16-29/h3-7,9,19-20,28H,8,10-18H2,1-2H3. The van der Waals surface area contributed by atoms with Crippen molar-refractivity contribution >= 4 is 16.6 Å². The van der Waals surface area contributed by atoms with E-state index in [0.717, 1.165) is 71.1 Å². The van der Waals surface area contributed by atoms with E-state index in [2.05, 4.69) is 69.9 Å². The van der Waals surface area contributed by atoms with Gasteiger partial charge in [-0.3, -0.25) is 14.8 Å². The van der Waals surface area contributed by atoms with Gasteiger partial charge in [0.1, 0.15) is 0 Å². The Morgan fingerprint density at radius 1 is 0.969 bits per heavy atom. The smallest absolute Gasteiger partial charge is 0.0795 e. The average Bonchev–Trinajstić information content (AvgIpc) is 3.27. The molecule has 0 bridgehead atoms. The molecule has 0 spiro atoms. The number of ether oxygens (including phenoxy) is 1. The van der Waals surface area contributed by atoms with E-state index in [0.29, 0.717) is 6.04 Å². The zero-order chi connectivity index (χ0) is 21.9. The first kappa shape index (κ1) is 21.4. The Morgan fingerprint density at radius 2 is 1.72 bits per heavy atom. The average molecular weight is 434 g/mol. The highest BCUT2D eigenvalue weighted by Crippen LogP contribution is 2.29. The molecule has 1 N–H and O–H groups in total. The highest BCUT2D eigenvalue weighted by Gasteiger charge is 2.19. The van der Waals surface area contributed by atoms with Crippen LogP contribution in [-0.2, 0) is 11.2 Å². The second kappa shape index (κ2) is 9.61. The maximum Gasteiger partial charge on any atom is 0.0795 e. The van der Waals surface area contributed by atoms with Crippen LogP contribution < -0.4 is 4.90 Å². The first-order valence-electron chi connectivity index (χ1n) is 12.0. The first-order chi connectivity index (χ1) is 15.7. The molecule has 32 heavy (non-hydrogen) atoms. The third kappa shape index (κ3) is 4.68. The van der Waals surface area contributed by atoms with E-state index in [1.807, 2.05) is 6.20 Å². The molecule has 0 atom stereocenters. The molecule has 3 aromatic rings. The molecule has 0 saturated carbocycles. The summed E-state index contributed by atoms with van der Waals surface area (Å²) < 4.78 is 5.46. The minimum atomic E-state index is 0.631. The summed E-state index contributed by atoms with van der Waals surface area (Å²) in [5.41, 5.74) is 6.00. The lowest BCUT2D eigenvalue weighted by Crippen LogP contribution is -2.48. The number of piperazine rings is 1. The minimum absolute atomic E-state index is 0.631. The van der Waals surface area contributed by atoms with Crippen LogP contribution in [0, 0.1) is 0 Å². The molecule has 2 saturated heterocycles. The third-order valence-corrected chi connectivity index (χ3v) is 6.96. The summed E-state index contributed by atoms with van der Waals surface area (Å²) in [5.74, 6) is 0. The third-order valence-electron chi connectivity index (χ3n) is 6.96. The molecule has 2 aliphatic heterocycles. The van der Waals surface area contributed by atoms with E-state index < -0.39 is 0 Å². The summed E-state index contributed by atoms with van der Waals surface area (Å²) in [6.45, 7) is 13.9. The summed E-state index contributed by atoms with van der Waals surface area (Å²) >= 11 is 0. The first-order valence-corrected chi connectivity index (χ1v) is 12.0. The van der Waals surface area contributed by atoms with Gasteiger partial charge in [-0.1, -0.05) is 12.1 Å². The van der Waals surface area contributed by atoms with Crippen molar-refractivity contribution in [2.75, 3.05) is 63.9 Å². The highest BCUT2D eigenvalue weighted by atomic mass is 16.5. The van der Waals surface area contributed by atoms with Gasteiger partial charge in [0.15, 0.2) is 0 Å². The quantitative estimate of drug-likeness (QED) is 0.643. The summed E-state index contributed by atoms with van der Waals surface area (Å²) in [6.07, 6.45) is 2.94. The monoisotopic (exact) mass is 433 g/mol. The Morgan fingerprint density at radius 3 is 2.44 bits per heavy atom. The van der Waals surface area contributed by atoms with Crippen molar-refractivity contribution in [3.8, 4) is 11.3 Å². The lowest BCUT2D eigenvalue weighted by atomic mass is 10.1. The van der Waals surface area contributed by atoms with E-state index in [1.54, 1.807) is 0 Å². The van der Waals surface area contributed by atoms with Crippen LogP contribution in [-0.4, -0.2) is 84.8 Å². The lowest BCUT2D eigenvalue weighted by molar-refractivity contribution is 0.0383. The number of rotatable bonds is 6. The summed E-state index contributed by atoms with van der Waals surface area (Å²) in [4.78, 5) is 15.9. The Kier molecular flexibility index (Phi) is 6.44. The number of nitrogens with zero attached hydrogens (tertiary/aromatic N) is 4. The lowest BCUT2D eigenvalue weighted by Gasteiger charge is -2.38. The maximum atomic E-state index is 5.46. The van der Waals surface area contributed by atoms with Crippen LogP contribution in [0.1, 0.15) is 19.5 Å². The molecule has 5 rings (SSSR count). The molecular weight excluding hydrogens is 398 g/mol. The van der Waals surface area contributed by atoms with Gasteiger partial charge in [-0.05, 0) is 38.1 Å². The molecule has 4 heterocycles. The number of aromatic nitrogens is 2. The Bertz CT molecular complexity index is 1010. The van der Waals surface area contributed by atoms with Crippen molar-refractivity contribution in [3.05, 3.63) is 48.3 Å². The summed E-state index contributed by atoms with van der Waals surface area (Å²) in [6, 6.07) is 14.0. The Labute approximate surface area is 191 Å². The van der Waals surface area contributed by atoms with E-state index in [1.165, 1.54) is 27.8 Å². The Hall–Kier alpha value is -2.41. The number of morpholine rings is 1. The van der Waals surface area contributed by atoms with Crippen LogP contribution in [0.2, 0.25) is 0 Å². The molecule has 0 aliphatic carbocycles. The van der Waals surface area contributed by atoms with Crippen molar-refractivity contribution in [1.82, 2.24) is 19.8 Å². The summed E-state index contributed by atoms with van der Waals surface area (Å²) in [7, 11) is 0. The van der Waals surface area contributed by atoms with Gasteiger partial charge < -0.3 is 14.6 Å². The van der Waals surface area contributed by atoms with Crippen molar-refractivity contribution in [2.24, 2.45) is 0 Å². The predicted molar refractivity (Wildman–Crippen MR) is 131 cm³/mol. The predicted octanol–water partition coefficient (Wildman–Crippen LogP) is 3.64. The van der Waals surface area contributed by atoms with Gasteiger partial charge in [0.2, 0.25) is 0 Å². The number of hydrogen-bond donors (Lipinski definition) is 1. The van der Waals surface area contributed by atoms with Crippen LogP contribution in [0.3, 0.4) is 0 Å². The fourth-order valence-electron chi connectivity index (χ4n) is 4.91. The van der Waals surface area contributed by atoms with Gasteiger partial charge in [0.25, 0.3) is 0 Å². The number of aromatic amines is 1. The number of hydrogen-bond acceptors (Lipinski definition) is 5. The van der Waals surface area contributed by atoms with Gasteiger partial charge >= 0.3 is 0 Å². The molecule has 0 unspecified atom stereocenters. The van der Waals surface area contributed by atoms with Gasteiger partial charge in [-0.2, -0.15) is 0 Å². The van der Waals surface area contributed by atoms with E-state index in [-0.39, 0.29) is 0 Å². The largest absolute Gasteiger partial charge is 0.379 e. The van der Waals surface area contributed by atoms with E-state index in [4.69, 9.17) is 9.72 Å². The molecular formula is C26H35N5O. The topological polar surface area (TPSA) is 47.6 Å². The molecule has 2 fully saturated rings. The Balaban J connectivity index is 1.29. The van der Waals surface area contributed by atoms with Crippen LogP contribution in [0.15, 0.2) is 42.6 Å². The maximum absolute atomic E-state index is 5.46. The van der Waals surface area contributed by atoms with Crippen molar-refractivity contribution < 1.29 is 4.74 Å². The van der Waals surface area contributed by atoms with Crippen LogP contribution in [0.5, 0.6) is 0 Å². The second-order valence-electron chi connectivity index (χ2n) is 9.28. The van der Waals surface area contributed by atoms with Crippen molar-refractivity contribution in [1.29, 1.82) is 0 Å². The van der Waals surface area contributed by atoms with Gasteiger partial charge in [0, 0.05) is 92.3 Å². The SMILES string of the molecule is CC(C)N1CCN(c2ccc(-c3nccc4[nH]c(CCN5CCOCC5)cc34)cc2)CC1. The molecule has 2 aliphatic rings. The number of anilines is 1. The number of fused-ring (bicyclic) bond motifs is 1. The van der Waals surface area contributed by atoms with E-state index in [9.17, 15) is 0 Å². The second-order valence-corrected chi connectivity index (χ2v) is 9.28. The van der Waals surface area contributed by atoms with Crippen molar-refractivity contribution in [3.63, 3.8) is 0 Å². The van der Waals surface area contributed by atoms with Gasteiger partial charge in [-0.15, -0.1) is 0 Å². The summed E-state index contributed by atoms with van der Waals surface area (Å²) in [5, 5.41) is 1.21. The molecule has 0 radical (unpaired) electrons. The van der Waals surface area contributed by atoms with Crippen LogP contribution in [0.4, 0.5) is 5.69 Å². The zero-order valence-corrected chi connectivity index (χ0v) is 19.4. The molecule has 170 valence electrons. The number of H-pyrrole nitrogens is 1. The zero-order valence-electron chi connectivity index (χ0n) is 19.4.